The van der Waals surface area contributed by atoms with Crippen molar-refractivity contribution >= 4 is 33.4 Å². The van der Waals surface area contributed by atoms with Crippen LogP contribution in [0.2, 0.25) is 0 Å². The number of rotatable bonds is 3. The van der Waals surface area contributed by atoms with E-state index in [9.17, 15) is 18.0 Å². The minimum Gasteiger partial charge on any atom is -0.480 e. The van der Waals surface area contributed by atoms with Crippen molar-refractivity contribution in [2.24, 2.45) is 5.73 Å². The maximum Gasteiger partial charge on any atom is 0.490 e. The summed E-state index contributed by atoms with van der Waals surface area (Å²) in [5.41, 5.74) is 6.52. The van der Waals surface area contributed by atoms with Crippen LogP contribution in [0.25, 0.3) is 10.1 Å². The molecule has 1 heterocycles. The van der Waals surface area contributed by atoms with Gasteiger partial charge in [-0.05, 0) is 28.8 Å². The third-order valence-corrected chi connectivity index (χ3v) is 3.57. The second-order valence-corrected chi connectivity index (χ2v) is 5.12. The van der Waals surface area contributed by atoms with E-state index in [2.05, 4.69) is 0 Å². The molecule has 0 aliphatic carbocycles. The first-order valence-electron chi connectivity index (χ1n) is 5.86. The molecule has 2 aromatic rings. The number of nitrogens with two attached hydrogens (primary N) is 1. The summed E-state index contributed by atoms with van der Waals surface area (Å²) in [7, 11) is 0. The van der Waals surface area contributed by atoms with Crippen LogP contribution < -0.4 is 5.73 Å². The van der Waals surface area contributed by atoms with Crippen molar-refractivity contribution in [3.63, 3.8) is 0 Å². The lowest BCUT2D eigenvalue weighted by atomic mass is 10.1. The number of carboxylic acids is 2. The van der Waals surface area contributed by atoms with Gasteiger partial charge in [0.15, 0.2) is 0 Å². The van der Waals surface area contributed by atoms with Crippen molar-refractivity contribution in [3.05, 3.63) is 35.2 Å². The van der Waals surface area contributed by atoms with Crippen molar-refractivity contribution in [3.8, 4) is 0 Å². The van der Waals surface area contributed by atoms with E-state index in [0.29, 0.717) is 6.42 Å². The van der Waals surface area contributed by atoms with Gasteiger partial charge in [-0.15, -0.1) is 11.3 Å². The highest BCUT2D eigenvalue weighted by Gasteiger charge is 2.38. The molecule has 0 unspecified atom stereocenters. The second-order valence-electron chi connectivity index (χ2n) is 4.21. The minimum absolute atomic E-state index is 0.388. The number of halogens is 3. The number of carbonyl (C=O) groups is 2. The Morgan fingerprint density at radius 1 is 1.23 bits per heavy atom. The van der Waals surface area contributed by atoms with Crippen molar-refractivity contribution in [2.75, 3.05) is 0 Å². The van der Waals surface area contributed by atoms with E-state index in [0.717, 1.165) is 10.9 Å². The molecule has 0 saturated heterocycles. The lowest BCUT2D eigenvalue weighted by molar-refractivity contribution is -0.192. The summed E-state index contributed by atoms with van der Waals surface area (Å²) in [6.07, 6.45) is -4.70. The Morgan fingerprint density at radius 3 is 2.27 bits per heavy atom. The third kappa shape index (κ3) is 5.01. The Bertz CT molecular complexity index is 669. The first-order chi connectivity index (χ1) is 10.1. The van der Waals surface area contributed by atoms with E-state index in [4.69, 9.17) is 20.7 Å². The molecule has 0 radical (unpaired) electrons. The van der Waals surface area contributed by atoms with Gasteiger partial charge >= 0.3 is 18.1 Å². The van der Waals surface area contributed by atoms with Crippen molar-refractivity contribution in [1.29, 1.82) is 0 Å². The van der Waals surface area contributed by atoms with Gasteiger partial charge in [0.2, 0.25) is 0 Å². The van der Waals surface area contributed by atoms with Gasteiger partial charge in [-0.3, -0.25) is 4.79 Å². The van der Waals surface area contributed by atoms with Crippen LogP contribution in [0.3, 0.4) is 0 Å². The van der Waals surface area contributed by atoms with E-state index in [-0.39, 0.29) is 0 Å². The number of aliphatic carboxylic acids is 2. The first-order valence-corrected chi connectivity index (χ1v) is 6.74. The quantitative estimate of drug-likeness (QED) is 0.800. The number of hydrogen-bond donors (Lipinski definition) is 3. The molecule has 0 aliphatic heterocycles. The van der Waals surface area contributed by atoms with Crippen LogP contribution in [0.15, 0.2) is 29.6 Å². The molecule has 22 heavy (non-hydrogen) atoms. The van der Waals surface area contributed by atoms with Crippen LogP contribution in [-0.4, -0.2) is 34.4 Å². The summed E-state index contributed by atoms with van der Waals surface area (Å²) in [5, 5.41) is 18.9. The van der Waals surface area contributed by atoms with Crippen LogP contribution in [0.4, 0.5) is 13.2 Å². The minimum atomic E-state index is -5.08. The molecule has 5 nitrogen and oxygen atoms in total. The van der Waals surface area contributed by atoms with Gasteiger partial charge in [0.25, 0.3) is 0 Å². The molecule has 9 heteroatoms. The van der Waals surface area contributed by atoms with E-state index in [1.807, 2.05) is 29.6 Å². The van der Waals surface area contributed by atoms with Gasteiger partial charge in [0, 0.05) is 4.70 Å². The SMILES string of the molecule is N[C@H](Cc1csc2ccccc12)C(=O)O.O=C(O)C(F)(F)F. The molecule has 0 bridgehead atoms. The average molecular weight is 335 g/mol. The number of alkyl halides is 3. The predicted octanol–water partition coefficient (Wildman–Crippen LogP) is 2.49. The van der Waals surface area contributed by atoms with Gasteiger partial charge in [0.1, 0.15) is 6.04 Å². The number of hydrogen-bond acceptors (Lipinski definition) is 4. The zero-order valence-electron chi connectivity index (χ0n) is 11.0. The van der Waals surface area contributed by atoms with Crippen LogP contribution >= 0.6 is 11.3 Å². The van der Waals surface area contributed by atoms with Crippen LogP contribution in [0.5, 0.6) is 0 Å². The standard InChI is InChI=1S/C11H11NO2S.C2HF3O2/c12-9(11(13)14)5-7-6-15-10-4-2-1-3-8(7)10;3-2(4,5)1(6)7/h1-4,6,9H,5,12H2,(H,13,14);(H,6,7)/t9-;/m1./s1. The smallest absolute Gasteiger partial charge is 0.480 e. The Balaban J connectivity index is 0.000000295. The molecule has 1 atom stereocenters. The molecule has 0 saturated carbocycles. The van der Waals surface area contributed by atoms with Gasteiger partial charge in [-0.2, -0.15) is 13.2 Å². The van der Waals surface area contributed by atoms with Gasteiger partial charge < -0.3 is 15.9 Å². The number of benzene rings is 1. The van der Waals surface area contributed by atoms with Crippen molar-refractivity contribution in [2.45, 2.75) is 18.6 Å². The molecular formula is C13H12F3NO4S. The van der Waals surface area contributed by atoms with Gasteiger partial charge in [0.05, 0.1) is 0 Å². The van der Waals surface area contributed by atoms with Crippen LogP contribution in [-0.2, 0) is 16.0 Å². The Labute approximate surface area is 126 Å². The number of fused-ring (bicyclic) bond motifs is 1. The third-order valence-electron chi connectivity index (χ3n) is 2.56. The fourth-order valence-corrected chi connectivity index (χ4v) is 2.49. The average Bonchev–Trinajstić information content (AvgIpc) is 2.82. The zero-order valence-corrected chi connectivity index (χ0v) is 11.8. The maximum absolute atomic E-state index is 10.6. The van der Waals surface area contributed by atoms with Gasteiger partial charge in [-0.25, -0.2) is 4.79 Å². The molecule has 2 rings (SSSR count). The molecule has 0 amide bonds. The Morgan fingerprint density at radius 2 is 1.77 bits per heavy atom. The van der Waals surface area contributed by atoms with E-state index >= 15 is 0 Å². The largest absolute Gasteiger partial charge is 0.490 e. The molecule has 1 aromatic heterocycles. The lowest BCUT2D eigenvalue weighted by Crippen LogP contribution is -2.32. The normalized spacial score (nSPS) is 12.4. The van der Waals surface area contributed by atoms with E-state index in [1.54, 1.807) is 11.3 Å². The summed E-state index contributed by atoms with van der Waals surface area (Å²) in [6.45, 7) is 0. The van der Waals surface area contributed by atoms with E-state index < -0.39 is 24.2 Å². The van der Waals surface area contributed by atoms with Crippen LogP contribution in [0.1, 0.15) is 5.56 Å². The highest BCUT2D eigenvalue weighted by atomic mass is 32.1. The molecule has 0 fully saturated rings. The topological polar surface area (TPSA) is 101 Å². The highest BCUT2D eigenvalue weighted by molar-refractivity contribution is 7.17. The summed E-state index contributed by atoms with van der Waals surface area (Å²) in [5.74, 6) is -3.71. The molecule has 0 aliphatic rings. The number of carboxylic acid groups (broad SMARTS) is 2. The maximum atomic E-state index is 10.6. The lowest BCUT2D eigenvalue weighted by Gasteiger charge is -2.04. The highest BCUT2D eigenvalue weighted by Crippen LogP contribution is 2.26. The molecular weight excluding hydrogens is 323 g/mol. The van der Waals surface area contributed by atoms with Crippen LogP contribution in [0, 0.1) is 0 Å². The monoisotopic (exact) mass is 335 g/mol. The first kappa shape index (κ1) is 17.9. The Hall–Kier alpha value is -2.13. The van der Waals surface area contributed by atoms with Crippen molar-refractivity contribution < 1.29 is 33.0 Å². The zero-order chi connectivity index (χ0) is 16.9. The molecule has 120 valence electrons. The summed E-state index contributed by atoms with van der Waals surface area (Å²) < 4.78 is 32.9. The molecule has 1 aromatic carbocycles. The fraction of sp³-hybridized carbons (Fsp3) is 0.231. The summed E-state index contributed by atoms with van der Waals surface area (Å²) in [6, 6.07) is 7.12. The fourth-order valence-electron chi connectivity index (χ4n) is 1.52. The van der Waals surface area contributed by atoms with Crippen molar-refractivity contribution in [1.82, 2.24) is 0 Å². The predicted molar refractivity (Wildman–Crippen MR) is 74.8 cm³/mol. The second kappa shape index (κ2) is 7.23. The number of thiophene rings is 1. The molecule has 4 N–H and O–H groups in total. The summed E-state index contributed by atoms with van der Waals surface area (Å²) in [4.78, 5) is 19.5. The summed E-state index contributed by atoms with van der Waals surface area (Å²) >= 11 is 1.62. The molecule has 0 spiro atoms. The Kier molecular flexibility index (Phi) is 5.89. The van der Waals surface area contributed by atoms with Gasteiger partial charge in [-0.1, -0.05) is 18.2 Å². The van der Waals surface area contributed by atoms with E-state index in [1.165, 1.54) is 4.70 Å².